The van der Waals surface area contributed by atoms with Gasteiger partial charge in [0.25, 0.3) is 0 Å². The quantitative estimate of drug-likeness (QED) is 0.637. The summed E-state index contributed by atoms with van der Waals surface area (Å²) in [5.41, 5.74) is 1.50. The maximum atomic E-state index is 3.46. The normalized spacial score (nSPS) is 9.90. The van der Waals surface area contributed by atoms with Gasteiger partial charge in [0.1, 0.15) is 0 Å². The summed E-state index contributed by atoms with van der Waals surface area (Å²) in [7, 11) is 0. The number of aryl methyl sites for hydroxylation is 1. The van der Waals surface area contributed by atoms with Crippen molar-refractivity contribution in [1.82, 2.24) is 0 Å². The van der Waals surface area contributed by atoms with Gasteiger partial charge in [0.05, 0.1) is 0 Å². The molecule has 1 aromatic rings. The molecule has 2 radical (unpaired) electrons. The van der Waals surface area contributed by atoms with E-state index in [1.807, 2.05) is 0 Å². The second kappa shape index (κ2) is 3.85. The molecule has 0 aliphatic rings. The number of rotatable bonds is 1. The van der Waals surface area contributed by atoms with E-state index in [0.717, 1.165) is 32.2 Å². The van der Waals surface area contributed by atoms with Crippen molar-refractivity contribution in [3.63, 3.8) is 0 Å². The third-order valence-electron chi connectivity index (χ3n) is 1.49. The Bertz CT molecular complexity index is 233. The second-order valence-corrected chi connectivity index (χ2v) is 5.53. The van der Waals surface area contributed by atoms with Crippen molar-refractivity contribution in [3.05, 3.63) is 28.2 Å². The SMILES string of the molecule is CCc1cc(Br)cc[c]1[PbH]. The summed E-state index contributed by atoms with van der Waals surface area (Å²) in [6.45, 7) is 2.20. The van der Waals surface area contributed by atoms with E-state index in [1.165, 1.54) is 10.0 Å². The fraction of sp³-hybridized carbons (Fsp3) is 0.250. The molecule has 0 N–H and O–H groups in total. The van der Waals surface area contributed by atoms with Gasteiger partial charge in [-0.3, -0.25) is 0 Å². The van der Waals surface area contributed by atoms with Gasteiger partial charge >= 0.3 is 86.4 Å². The molecule has 0 bridgehead atoms. The molecule has 0 aliphatic carbocycles. The maximum absolute atomic E-state index is 3.46. The van der Waals surface area contributed by atoms with Crippen LogP contribution in [-0.4, -0.2) is 25.8 Å². The van der Waals surface area contributed by atoms with Gasteiger partial charge in [-0.2, -0.15) is 0 Å². The first kappa shape index (κ1) is 8.72. The van der Waals surface area contributed by atoms with Gasteiger partial charge in [-0.05, 0) is 0 Å². The summed E-state index contributed by atoms with van der Waals surface area (Å²) in [5.74, 6) is 0. The van der Waals surface area contributed by atoms with E-state index in [1.54, 1.807) is 3.12 Å². The first-order chi connectivity index (χ1) is 4.74. The minimum atomic E-state index is 0.966. The van der Waals surface area contributed by atoms with Crippen molar-refractivity contribution in [2.24, 2.45) is 0 Å². The van der Waals surface area contributed by atoms with E-state index in [0.29, 0.717) is 0 Å². The molecule has 0 aliphatic heterocycles. The minimum absolute atomic E-state index is 0.966. The molecule has 0 heterocycles. The molecule has 0 fully saturated rings. The molecule has 0 saturated heterocycles. The van der Waals surface area contributed by atoms with Crippen LogP contribution in [0, 0.1) is 0 Å². The Kier molecular flexibility index (Phi) is 3.36. The number of hydrogen-bond acceptors (Lipinski definition) is 0. The van der Waals surface area contributed by atoms with Crippen LogP contribution in [0.2, 0.25) is 0 Å². The Hall–Kier alpha value is 0.622. The van der Waals surface area contributed by atoms with E-state index in [4.69, 9.17) is 0 Å². The van der Waals surface area contributed by atoms with Crippen molar-refractivity contribution in [2.45, 2.75) is 13.3 Å². The van der Waals surface area contributed by atoms with Crippen molar-refractivity contribution in [1.29, 1.82) is 0 Å². The summed E-state index contributed by atoms with van der Waals surface area (Å²) in [4.78, 5) is 0. The van der Waals surface area contributed by atoms with Crippen molar-refractivity contribution in [2.75, 3.05) is 0 Å². The number of benzene rings is 1. The molecule has 0 saturated carbocycles. The molecule has 0 spiro atoms. The van der Waals surface area contributed by atoms with Crippen LogP contribution in [0.1, 0.15) is 12.5 Å². The molecule has 0 atom stereocenters. The van der Waals surface area contributed by atoms with Crippen LogP contribution in [0.5, 0.6) is 0 Å². The molecule has 1 aromatic carbocycles. The summed E-state index contributed by atoms with van der Waals surface area (Å²) in [5, 5.41) is 0. The first-order valence-corrected chi connectivity index (χ1v) is 6.31. The Morgan fingerprint density at radius 3 is 2.70 bits per heavy atom. The fourth-order valence-corrected chi connectivity index (χ4v) is 2.78. The Balaban J connectivity index is 3.09. The van der Waals surface area contributed by atoms with Gasteiger partial charge < -0.3 is 0 Å². The standard InChI is InChI=1S/C8H8Br.Pb.H/c1-2-7-4-3-5-8(9)6-7;;/h3,5-6H,2H2,1H3;;. The zero-order chi connectivity index (χ0) is 7.56. The first-order valence-electron chi connectivity index (χ1n) is 3.28. The van der Waals surface area contributed by atoms with E-state index < -0.39 is 0 Å². The molecule has 1 rings (SSSR count). The van der Waals surface area contributed by atoms with Gasteiger partial charge in [0.15, 0.2) is 0 Å². The van der Waals surface area contributed by atoms with Gasteiger partial charge in [-0.15, -0.1) is 0 Å². The van der Waals surface area contributed by atoms with Crippen LogP contribution < -0.4 is 3.12 Å². The van der Waals surface area contributed by atoms with Crippen LogP contribution in [0.25, 0.3) is 0 Å². The number of hydrogen-bond donors (Lipinski definition) is 0. The topological polar surface area (TPSA) is 0 Å². The molecule has 2 heteroatoms. The summed E-state index contributed by atoms with van der Waals surface area (Å²) in [6, 6.07) is 6.55. The molecule has 52 valence electrons. The molecule has 0 nitrogen and oxygen atoms in total. The average Bonchev–Trinajstić information content (AvgIpc) is 1.94. The van der Waals surface area contributed by atoms with Crippen LogP contribution >= 0.6 is 15.9 Å². The van der Waals surface area contributed by atoms with Gasteiger partial charge in [-0.25, -0.2) is 0 Å². The van der Waals surface area contributed by atoms with Crippen LogP contribution in [0.15, 0.2) is 22.7 Å². The van der Waals surface area contributed by atoms with Crippen molar-refractivity contribution >= 4 is 44.8 Å². The molecule has 0 amide bonds. The van der Waals surface area contributed by atoms with Crippen LogP contribution in [0.3, 0.4) is 0 Å². The van der Waals surface area contributed by atoms with Crippen LogP contribution in [-0.2, 0) is 6.42 Å². The van der Waals surface area contributed by atoms with Gasteiger partial charge in [0, 0.05) is 0 Å². The van der Waals surface area contributed by atoms with Crippen molar-refractivity contribution < 1.29 is 0 Å². The monoisotopic (exact) mass is 392 g/mol. The zero-order valence-electron chi connectivity index (χ0n) is 5.89. The van der Waals surface area contributed by atoms with Gasteiger partial charge in [-0.1, -0.05) is 0 Å². The summed E-state index contributed by atoms with van der Waals surface area (Å²) in [6.07, 6.45) is 1.16. The van der Waals surface area contributed by atoms with E-state index in [9.17, 15) is 0 Å². The van der Waals surface area contributed by atoms with Crippen molar-refractivity contribution in [3.8, 4) is 0 Å². The third kappa shape index (κ3) is 2.05. The Morgan fingerprint density at radius 2 is 2.20 bits per heavy atom. The average molecular weight is 392 g/mol. The Morgan fingerprint density at radius 1 is 1.50 bits per heavy atom. The number of halogens is 1. The van der Waals surface area contributed by atoms with E-state index >= 15 is 0 Å². The third-order valence-corrected chi connectivity index (χ3v) is 4.17. The molecule has 0 aromatic heterocycles. The van der Waals surface area contributed by atoms with E-state index in [2.05, 4.69) is 41.1 Å². The second-order valence-electron chi connectivity index (χ2n) is 2.20. The van der Waals surface area contributed by atoms with Crippen LogP contribution in [0.4, 0.5) is 0 Å². The summed E-state index contributed by atoms with van der Waals surface area (Å²) >= 11 is 4.42. The molecular weight excluding hydrogens is 383 g/mol. The fourth-order valence-electron chi connectivity index (χ4n) is 0.881. The predicted octanol–water partition coefficient (Wildman–Crippen LogP) is 1.54. The predicted molar refractivity (Wildman–Crippen MR) is 50.3 cm³/mol. The van der Waals surface area contributed by atoms with E-state index in [-0.39, 0.29) is 0 Å². The molecular formula is C8H9BrPb. The Labute approximate surface area is 85.8 Å². The molecule has 0 unspecified atom stereocenters. The summed E-state index contributed by atoms with van der Waals surface area (Å²) < 4.78 is 2.75. The molecule has 10 heavy (non-hydrogen) atoms. The van der Waals surface area contributed by atoms with Gasteiger partial charge in [0.2, 0.25) is 0 Å². The zero-order valence-corrected chi connectivity index (χ0v) is 12.0.